The number of hydrogen-bond donors (Lipinski definition) is 1. The van der Waals surface area contributed by atoms with Gasteiger partial charge in [-0.25, -0.2) is 4.98 Å². The van der Waals surface area contributed by atoms with Crippen LogP contribution in [0.2, 0.25) is 4.47 Å². The van der Waals surface area contributed by atoms with Crippen molar-refractivity contribution in [3.63, 3.8) is 0 Å². The lowest BCUT2D eigenvalue weighted by atomic mass is 10.1. The van der Waals surface area contributed by atoms with E-state index in [1.807, 2.05) is 30.0 Å². The first kappa shape index (κ1) is 15.3. The topological polar surface area (TPSA) is 45.2 Å². The van der Waals surface area contributed by atoms with Crippen molar-refractivity contribution in [1.29, 1.82) is 0 Å². The number of carbonyl (C=O) groups is 1. The van der Waals surface area contributed by atoms with E-state index in [1.165, 1.54) is 11.3 Å². The van der Waals surface area contributed by atoms with Crippen LogP contribution in [-0.4, -0.2) is 28.9 Å². The summed E-state index contributed by atoms with van der Waals surface area (Å²) in [7, 11) is 0. The normalized spacial score (nSPS) is 14.4. The zero-order chi connectivity index (χ0) is 15.5. The molecule has 0 bridgehead atoms. The predicted octanol–water partition coefficient (Wildman–Crippen LogP) is 3.95. The average Bonchev–Trinajstić information content (AvgIpc) is 3.17. The van der Waals surface area contributed by atoms with Gasteiger partial charge in [0.15, 0.2) is 4.47 Å². The molecule has 2 heterocycles. The van der Waals surface area contributed by atoms with Crippen LogP contribution in [0.5, 0.6) is 0 Å². The van der Waals surface area contributed by atoms with Crippen molar-refractivity contribution in [2.24, 2.45) is 0 Å². The van der Waals surface area contributed by atoms with Crippen LogP contribution < -0.4 is 5.32 Å². The highest BCUT2D eigenvalue weighted by Gasteiger charge is 2.21. The molecule has 1 N–H and O–H groups in total. The fourth-order valence-corrected chi connectivity index (χ4v) is 3.61. The van der Waals surface area contributed by atoms with E-state index >= 15 is 0 Å². The largest absolute Gasteiger partial charge is 0.380 e. The average molecular weight is 336 g/mol. The second-order valence-electron chi connectivity index (χ2n) is 5.41. The highest BCUT2D eigenvalue weighted by molar-refractivity contribution is 7.15. The van der Waals surface area contributed by atoms with Crippen LogP contribution in [0.25, 0.3) is 0 Å². The summed E-state index contributed by atoms with van der Waals surface area (Å²) in [6, 6.07) is 5.84. The smallest absolute Gasteiger partial charge is 0.254 e. The molecule has 2 aromatic rings. The number of hydrogen-bond acceptors (Lipinski definition) is 4. The number of nitrogens with zero attached hydrogens (tertiary/aromatic N) is 2. The minimum Gasteiger partial charge on any atom is -0.380 e. The number of rotatable bonds is 4. The van der Waals surface area contributed by atoms with E-state index < -0.39 is 0 Å². The molecule has 1 aromatic carbocycles. The number of nitrogens with one attached hydrogen (secondary N) is 1. The Morgan fingerprint density at radius 1 is 1.41 bits per heavy atom. The molecule has 0 unspecified atom stereocenters. The van der Waals surface area contributed by atoms with Crippen molar-refractivity contribution in [2.75, 3.05) is 18.4 Å². The maximum Gasteiger partial charge on any atom is 0.254 e. The number of anilines is 1. The van der Waals surface area contributed by atoms with Crippen LogP contribution in [0, 0.1) is 6.92 Å². The quantitative estimate of drug-likeness (QED) is 0.920. The van der Waals surface area contributed by atoms with Gasteiger partial charge in [-0.15, -0.1) is 11.3 Å². The Hall–Kier alpha value is -1.59. The number of halogens is 1. The van der Waals surface area contributed by atoms with Crippen LogP contribution in [0.15, 0.2) is 24.4 Å². The van der Waals surface area contributed by atoms with Crippen molar-refractivity contribution >= 4 is 34.5 Å². The Morgan fingerprint density at radius 3 is 2.86 bits per heavy atom. The molecule has 1 fully saturated rings. The number of carbonyl (C=O) groups excluding carboxylic acids is 1. The molecule has 0 radical (unpaired) electrons. The van der Waals surface area contributed by atoms with Crippen molar-refractivity contribution in [3.05, 3.63) is 44.9 Å². The Kier molecular flexibility index (Phi) is 4.64. The summed E-state index contributed by atoms with van der Waals surface area (Å²) >= 11 is 7.30. The van der Waals surface area contributed by atoms with E-state index in [0.717, 1.165) is 47.6 Å². The number of likely N-dealkylation sites (tertiary alicyclic amines) is 1. The van der Waals surface area contributed by atoms with Crippen molar-refractivity contribution in [3.8, 4) is 0 Å². The molecule has 116 valence electrons. The fourth-order valence-electron chi connectivity index (χ4n) is 2.70. The van der Waals surface area contributed by atoms with Crippen LogP contribution in [-0.2, 0) is 6.54 Å². The van der Waals surface area contributed by atoms with Gasteiger partial charge in [-0.2, -0.15) is 0 Å². The molecule has 1 amide bonds. The van der Waals surface area contributed by atoms with Crippen molar-refractivity contribution in [2.45, 2.75) is 26.3 Å². The molecule has 22 heavy (non-hydrogen) atoms. The second kappa shape index (κ2) is 6.67. The van der Waals surface area contributed by atoms with Gasteiger partial charge in [0.1, 0.15) is 0 Å². The summed E-state index contributed by atoms with van der Waals surface area (Å²) in [5.74, 6) is 0.138. The van der Waals surface area contributed by atoms with Crippen molar-refractivity contribution in [1.82, 2.24) is 9.88 Å². The molecule has 0 spiro atoms. The lowest BCUT2D eigenvalue weighted by Crippen LogP contribution is -2.28. The minimum atomic E-state index is 0.138. The molecule has 0 atom stereocenters. The predicted molar refractivity (Wildman–Crippen MR) is 90.8 cm³/mol. The van der Waals surface area contributed by atoms with Gasteiger partial charge in [0.25, 0.3) is 5.91 Å². The monoisotopic (exact) mass is 335 g/mol. The van der Waals surface area contributed by atoms with Gasteiger partial charge in [0.2, 0.25) is 0 Å². The van der Waals surface area contributed by atoms with Gasteiger partial charge in [-0.05, 0) is 37.5 Å². The zero-order valence-corrected chi connectivity index (χ0v) is 14.0. The molecule has 0 aliphatic carbocycles. The maximum atomic E-state index is 12.6. The third-order valence-electron chi connectivity index (χ3n) is 3.94. The highest BCUT2D eigenvalue weighted by atomic mass is 35.5. The second-order valence-corrected chi connectivity index (χ2v) is 7.11. The van der Waals surface area contributed by atoms with Gasteiger partial charge in [-0.3, -0.25) is 4.79 Å². The van der Waals surface area contributed by atoms with Crippen LogP contribution in [0.4, 0.5) is 5.69 Å². The lowest BCUT2D eigenvalue weighted by Gasteiger charge is -2.18. The van der Waals surface area contributed by atoms with E-state index in [-0.39, 0.29) is 5.91 Å². The number of aromatic nitrogens is 1. The molecule has 1 aliphatic rings. The van der Waals surface area contributed by atoms with Crippen molar-refractivity contribution < 1.29 is 4.79 Å². The van der Waals surface area contributed by atoms with E-state index in [9.17, 15) is 4.79 Å². The van der Waals surface area contributed by atoms with E-state index in [4.69, 9.17) is 11.6 Å². The summed E-state index contributed by atoms with van der Waals surface area (Å²) < 4.78 is 0.548. The van der Waals surface area contributed by atoms with E-state index in [1.54, 1.807) is 6.20 Å². The Balaban J connectivity index is 1.75. The number of thiazole rings is 1. The first-order valence-corrected chi connectivity index (χ1v) is 8.57. The first-order valence-electron chi connectivity index (χ1n) is 7.38. The molecular weight excluding hydrogens is 318 g/mol. The highest BCUT2D eigenvalue weighted by Crippen LogP contribution is 2.24. The zero-order valence-electron chi connectivity index (χ0n) is 12.4. The first-order chi connectivity index (χ1) is 10.6. The lowest BCUT2D eigenvalue weighted by molar-refractivity contribution is 0.0792. The summed E-state index contributed by atoms with van der Waals surface area (Å²) in [4.78, 5) is 19.6. The van der Waals surface area contributed by atoms with Crippen LogP contribution in [0.1, 0.15) is 33.6 Å². The summed E-state index contributed by atoms with van der Waals surface area (Å²) in [5.41, 5.74) is 2.76. The van der Waals surface area contributed by atoms with Gasteiger partial charge in [0, 0.05) is 35.4 Å². The van der Waals surface area contributed by atoms with Gasteiger partial charge in [-0.1, -0.05) is 17.7 Å². The van der Waals surface area contributed by atoms with E-state index in [2.05, 4.69) is 10.3 Å². The Labute approximate surface area is 139 Å². The van der Waals surface area contributed by atoms with E-state index in [0.29, 0.717) is 11.0 Å². The van der Waals surface area contributed by atoms with Crippen LogP contribution in [0.3, 0.4) is 0 Å². The third-order valence-corrected chi connectivity index (χ3v) is 5.05. The SMILES string of the molecule is Cc1c(NCc2cnc(Cl)s2)cccc1C(=O)N1CCCC1. The van der Waals surface area contributed by atoms with Crippen LogP contribution >= 0.6 is 22.9 Å². The molecule has 1 aliphatic heterocycles. The third kappa shape index (κ3) is 3.25. The molecule has 0 saturated carbocycles. The molecular formula is C16H18ClN3OS. The summed E-state index contributed by atoms with van der Waals surface area (Å²) in [6.07, 6.45) is 3.98. The molecule has 1 saturated heterocycles. The Morgan fingerprint density at radius 2 is 2.18 bits per heavy atom. The summed E-state index contributed by atoms with van der Waals surface area (Å²) in [6.45, 7) is 4.39. The molecule has 1 aromatic heterocycles. The molecule has 4 nitrogen and oxygen atoms in total. The number of benzene rings is 1. The minimum absolute atomic E-state index is 0.138. The maximum absolute atomic E-state index is 12.6. The van der Waals surface area contributed by atoms with Gasteiger partial charge in [0.05, 0.1) is 6.54 Å². The molecule has 3 rings (SSSR count). The summed E-state index contributed by atoms with van der Waals surface area (Å²) in [5, 5.41) is 3.37. The van der Waals surface area contributed by atoms with Gasteiger partial charge >= 0.3 is 0 Å². The van der Waals surface area contributed by atoms with Gasteiger partial charge < -0.3 is 10.2 Å². The Bertz CT molecular complexity index is 680. The standard InChI is InChI=1S/C16H18ClN3OS/c1-11-13(15(21)20-7-2-3-8-20)5-4-6-14(11)18-9-12-10-19-16(17)22-12/h4-6,10,18H,2-3,7-9H2,1H3. The fraction of sp³-hybridized carbons (Fsp3) is 0.375. The number of amides is 1. The molecule has 6 heteroatoms.